The van der Waals surface area contributed by atoms with Crippen LogP contribution in [-0.4, -0.2) is 45.5 Å². The highest BCUT2D eigenvalue weighted by atomic mass is 32.2. The van der Waals surface area contributed by atoms with Gasteiger partial charge in [-0.2, -0.15) is 0 Å². The summed E-state index contributed by atoms with van der Waals surface area (Å²) in [7, 11) is -2.52. The van der Waals surface area contributed by atoms with Gasteiger partial charge in [-0.25, -0.2) is 17.9 Å². The third-order valence-corrected chi connectivity index (χ3v) is 6.95. The molecule has 1 atom stereocenters. The Labute approximate surface area is 157 Å². The Morgan fingerprint density at radius 3 is 2.81 bits per heavy atom. The summed E-state index contributed by atoms with van der Waals surface area (Å²) in [5.74, 6) is -0.630. The molecule has 8 heteroatoms. The molecule has 6 nitrogen and oxygen atoms in total. The van der Waals surface area contributed by atoms with Gasteiger partial charge in [0.05, 0.1) is 7.11 Å². The highest BCUT2D eigenvalue weighted by Crippen LogP contribution is 2.24. The fourth-order valence-corrected chi connectivity index (χ4v) is 5.77. The fourth-order valence-electron chi connectivity index (χ4n) is 3.17. The van der Waals surface area contributed by atoms with Crippen molar-refractivity contribution in [3.63, 3.8) is 0 Å². The summed E-state index contributed by atoms with van der Waals surface area (Å²) in [6.45, 7) is 2.38. The molecule has 1 aromatic carbocycles. The summed E-state index contributed by atoms with van der Waals surface area (Å²) in [6.07, 6.45) is 1.70. The molecule has 1 fully saturated rings. The average Bonchev–Trinajstić information content (AvgIpc) is 3.13. The number of rotatable bonds is 6. The van der Waals surface area contributed by atoms with Crippen LogP contribution in [-0.2, 0) is 21.3 Å². The molecular formula is C18H22N2O4S2. The summed E-state index contributed by atoms with van der Waals surface area (Å²) in [5, 5.41) is 1.59. The SMILES string of the molecule is COC(=O)c1sccc1S(=O)(=O)NC1CCCN(Cc2ccccc2)C1. The molecule has 0 aliphatic carbocycles. The summed E-state index contributed by atoms with van der Waals surface area (Å²) in [6, 6.07) is 11.4. The van der Waals surface area contributed by atoms with E-state index in [4.69, 9.17) is 0 Å². The Morgan fingerprint density at radius 2 is 2.08 bits per heavy atom. The number of thiophene rings is 1. The fraction of sp³-hybridized carbons (Fsp3) is 0.389. The predicted octanol–water partition coefficient (Wildman–Crippen LogP) is 2.48. The van der Waals surface area contributed by atoms with Gasteiger partial charge in [0.1, 0.15) is 9.77 Å². The quantitative estimate of drug-likeness (QED) is 0.762. The van der Waals surface area contributed by atoms with Crippen LogP contribution in [0.5, 0.6) is 0 Å². The number of sulfonamides is 1. The molecule has 1 N–H and O–H groups in total. The molecule has 0 saturated carbocycles. The van der Waals surface area contributed by atoms with Gasteiger partial charge in [0.15, 0.2) is 0 Å². The van der Waals surface area contributed by atoms with Crippen molar-refractivity contribution >= 4 is 27.3 Å². The average molecular weight is 395 g/mol. The van der Waals surface area contributed by atoms with Gasteiger partial charge in [-0.1, -0.05) is 30.3 Å². The van der Waals surface area contributed by atoms with E-state index in [1.807, 2.05) is 18.2 Å². The lowest BCUT2D eigenvalue weighted by Crippen LogP contribution is -2.47. The molecule has 0 radical (unpaired) electrons. The van der Waals surface area contributed by atoms with Crippen LogP contribution in [0.1, 0.15) is 28.1 Å². The van der Waals surface area contributed by atoms with Gasteiger partial charge in [-0.15, -0.1) is 11.3 Å². The van der Waals surface area contributed by atoms with Crippen molar-refractivity contribution in [2.75, 3.05) is 20.2 Å². The Balaban J connectivity index is 1.68. The minimum absolute atomic E-state index is 0.00506. The molecule has 1 aliphatic heterocycles. The molecule has 1 unspecified atom stereocenters. The van der Waals surface area contributed by atoms with Gasteiger partial charge in [0.25, 0.3) is 0 Å². The number of hydrogen-bond donors (Lipinski definition) is 1. The van der Waals surface area contributed by atoms with Gasteiger partial charge >= 0.3 is 5.97 Å². The van der Waals surface area contributed by atoms with Gasteiger partial charge in [-0.05, 0) is 36.4 Å². The van der Waals surface area contributed by atoms with E-state index in [0.717, 1.165) is 37.3 Å². The van der Waals surface area contributed by atoms with Crippen LogP contribution in [0, 0.1) is 0 Å². The minimum Gasteiger partial charge on any atom is -0.465 e. The number of carbonyl (C=O) groups excluding carboxylic acids is 1. The molecular weight excluding hydrogens is 372 g/mol. The molecule has 2 aromatic rings. The monoisotopic (exact) mass is 394 g/mol. The largest absolute Gasteiger partial charge is 0.465 e. The first-order valence-corrected chi connectivity index (χ1v) is 10.8. The Hall–Kier alpha value is -1.74. The molecule has 1 saturated heterocycles. The first-order valence-electron chi connectivity index (χ1n) is 8.44. The third-order valence-electron chi connectivity index (χ3n) is 4.37. The van der Waals surface area contributed by atoms with E-state index in [1.54, 1.807) is 5.38 Å². The molecule has 0 bridgehead atoms. The normalized spacial score (nSPS) is 18.6. The molecule has 0 spiro atoms. The van der Waals surface area contributed by atoms with E-state index in [1.165, 1.54) is 18.7 Å². The topological polar surface area (TPSA) is 75.7 Å². The molecule has 26 heavy (non-hydrogen) atoms. The van der Waals surface area contributed by atoms with E-state index in [0.29, 0.717) is 6.54 Å². The van der Waals surface area contributed by atoms with Crippen LogP contribution < -0.4 is 4.72 Å². The lowest BCUT2D eigenvalue weighted by molar-refractivity contribution is 0.0602. The molecule has 3 rings (SSSR count). The second-order valence-corrected chi connectivity index (χ2v) is 8.89. The maximum atomic E-state index is 12.7. The molecule has 1 aliphatic rings. The van der Waals surface area contributed by atoms with Gasteiger partial charge in [0, 0.05) is 19.1 Å². The zero-order chi connectivity index (χ0) is 18.6. The first kappa shape index (κ1) is 19.0. The number of carbonyl (C=O) groups is 1. The van der Waals surface area contributed by atoms with Crippen molar-refractivity contribution in [2.24, 2.45) is 0 Å². The highest BCUT2D eigenvalue weighted by Gasteiger charge is 2.29. The first-order chi connectivity index (χ1) is 12.5. The van der Waals surface area contributed by atoms with Crippen LogP contribution in [0.4, 0.5) is 0 Å². The van der Waals surface area contributed by atoms with Crippen LogP contribution >= 0.6 is 11.3 Å². The molecule has 0 amide bonds. The lowest BCUT2D eigenvalue weighted by Gasteiger charge is -2.33. The van der Waals surface area contributed by atoms with E-state index in [9.17, 15) is 13.2 Å². The number of methoxy groups -OCH3 is 1. The zero-order valence-electron chi connectivity index (χ0n) is 14.6. The maximum Gasteiger partial charge on any atom is 0.349 e. The number of ether oxygens (including phenoxy) is 1. The summed E-state index contributed by atoms with van der Waals surface area (Å²) >= 11 is 1.07. The van der Waals surface area contributed by atoms with Crippen molar-refractivity contribution in [1.82, 2.24) is 9.62 Å². The number of hydrogen-bond acceptors (Lipinski definition) is 6. The van der Waals surface area contributed by atoms with Gasteiger partial charge < -0.3 is 4.74 Å². The summed E-state index contributed by atoms with van der Waals surface area (Å²) in [5.41, 5.74) is 1.21. The lowest BCUT2D eigenvalue weighted by atomic mass is 10.1. The van der Waals surface area contributed by atoms with Crippen LogP contribution in [0.15, 0.2) is 46.7 Å². The summed E-state index contributed by atoms with van der Waals surface area (Å²) < 4.78 is 32.9. The van der Waals surface area contributed by atoms with E-state index in [-0.39, 0.29) is 15.8 Å². The Kier molecular flexibility index (Phi) is 6.08. The maximum absolute atomic E-state index is 12.7. The van der Waals surface area contributed by atoms with E-state index < -0.39 is 16.0 Å². The number of benzene rings is 1. The predicted molar refractivity (Wildman–Crippen MR) is 101 cm³/mol. The van der Waals surface area contributed by atoms with Crippen LogP contribution in [0.25, 0.3) is 0 Å². The molecule has 1 aromatic heterocycles. The number of likely N-dealkylation sites (tertiary alicyclic amines) is 1. The Morgan fingerprint density at radius 1 is 1.31 bits per heavy atom. The smallest absolute Gasteiger partial charge is 0.349 e. The Bertz CT molecular complexity index is 849. The number of piperidine rings is 1. The molecule has 140 valence electrons. The van der Waals surface area contributed by atoms with Crippen molar-refractivity contribution in [2.45, 2.75) is 30.3 Å². The number of nitrogens with one attached hydrogen (secondary N) is 1. The summed E-state index contributed by atoms with van der Waals surface area (Å²) in [4.78, 5) is 14.1. The van der Waals surface area contributed by atoms with Gasteiger partial charge in [-0.3, -0.25) is 4.90 Å². The zero-order valence-corrected chi connectivity index (χ0v) is 16.2. The number of nitrogens with zero attached hydrogens (tertiary/aromatic N) is 1. The second-order valence-electron chi connectivity index (χ2n) is 6.29. The number of esters is 1. The molecule has 2 heterocycles. The van der Waals surface area contributed by atoms with E-state index in [2.05, 4.69) is 26.5 Å². The van der Waals surface area contributed by atoms with Gasteiger partial charge in [0.2, 0.25) is 10.0 Å². The minimum atomic E-state index is -3.77. The van der Waals surface area contributed by atoms with Crippen LogP contribution in [0.2, 0.25) is 0 Å². The van der Waals surface area contributed by atoms with Crippen molar-refractivity contribution in [1.29, 1.82) is 0 Å². The van der Waals surface area contributed by atoms with Crippen LogP contribution in [0.3, 0.4) is 0 Å². The van der Waals surface area contributed by atoms with Crippen molar-refractivity contribution < 1.29 is 17.9 Å². The standard InChI is InChI=1S/C18H22N2O4S2/c1-24-18(21)17-16(9-11-25-17)26(22,23)19-15-8-5-10-20(13-15)12-14-6-3-2-4-7-14/h2-4,6-7,9,11,15,19H,5,8,10,12-13H2,1H3. The second kappa shape index (κ2) is 8.30. The van der Waals surface area contributed by atoms with Crippen molar-refractivity contribution in [3.05, 3.63) is 52.2 Å². The highest BCUT2D eigenvalue weighted by molar-refractivity contribution is 7.89. The third kappa shape index (κ3) is 4.50. The van der Waals surface area contributed by atoms with E-state index >= 15 is 0 Å². The van der Waals surface area contributed by atoms with Crippen molar-refractivity contribution in [3.8, 4) is 0 Å².